The summed E-state index contributed by atoms with van der Waals surface area (Å²) in [4.78, 5) is 0. The Hall–Kier alpha value is 0.137. The van der Waals surface area contributed by atoms with E-state index in [1.54, 1.807) is 0 Å². The standard InChI is InChI=1S/C22H48O2Si/c1-7-8-18-21(23)19-16-14-12-10-9-11-13-15-17-20-24-25(5,6)22(2,3)4/h21,23H,7-20H2,1-6H3/t21-/m1/s1/i16D2,19D2. The van der Waals surface area contributed by atoms with Crippen molar-refractivity contribution in [3.8, 4) is 0 Å². The van der Waals surface area contributed by atoms with Crippen LogP contribution in [0, 0.1) is 0 Å². The van der Waals surface area contributed by atoms with Gasteiger partial charge < -0.3 is 9.53 Å². The Morgan fingerprint density at radius 3 is 1.96 bits per heavy atom. The maximum Gasteiger partial charge on any atom is 0.191 e. The van der Waals surface area contributed by atoms with Crippen LogP contribution in [0.4, 0.5) is 0 Å². The zero-order chi connectivity index (χ0) is 22.8. The highest BCUT2D eigenvalue weighted by molar-refractivity contribution is 6.74. The lowest BCUT2D eigenvalue weighted by Gasteiger charge is -2.36. The Bertz CT molecular complexity index is 437. The summed E-state index contributed by atoms with van der Waals surface area (Å²) in [5, 5.41) is 10.3. The van der Waals surface area contributed by atoms with Gasteiger partial charge in [0.15, 0.2) is 8.32 Å². The number of hydrogen-bond donors (Lipinski definition) is 1. The van der Waals surface area contributed by atoms with Gasteiger partial charge in [-0.1, -0.05) is 91.9 Å². The van der Waals surface area contributed by atoms with E-state index in [2.05, 4.69) is 33.9 Å². The molecule has 25 heavy (non-hydrogen) atoms. The highest BCUT2D eigenvalue weighted by atomic mass is 28.4. The van der Waals surface area contributed by atoms with Crippen LogP contribution in [-0.2, 0) is 4.43 Å². The van der Waals surface area contributed by atoms with Crippen molar-refractivity contribution < 1.29 is 15.0 Å². The molecule has 0 aliphatic carbocycles. The predicted octanol–water partition coefficient (Wildman–Crippen LogP) is 7.46. The molecule has 0 aliphatic heterocycles. The first kappa shape index (κ1) is 18.5. The van der Waals surface area contributed by atoms with Crippen molar-refractivity contribution in [2.24, 2.45) is 0 Å². The number of aliphatic hydroxyl groups excluding tert-OH is 1. The van der Waals surface area contributed by atoms with E-state index in [0.29, 0.717) is 12.8 Å². The van der Waals surface area contributed by atoms with Gasteiger partial charge in [0.25, 0.3) is 0 Å². The van der Waals surface area contributed by atoms with Gasteiger partial charge in [-0.25, -0.2) is 0 Å². The molecule has 2 nitrogen and oxygen atoms in total. The van der Waals surface area contributed by atoms with E-state index in [1.165, 1.54) is 12.8 Å². The summed E-state index contributed by atoms with van der Waals surface area (Å²) in [5.74, 6) is 0. The van der Waals surface area contributed by atoms with Gasteiger partial charge in [-0.2, -0.15) is 0 Å². The molecule has 0 heterocycles. The third-order valence-corrected chi connectivity index (χ3v) is 9.85. The lowest BCUT2D eigenvalue weighted by atomic mass is 10.0. The van der Waals surface area contributed by atoms with E-state index < -0.39 is 27.2 Å². The number of aliphatic hydroxyl groups is 1. The Kier molecular flexibility index (Phi) is 10.5. The fourth-order valence-corrected chi connectivity index (χ4v) is 3.49. The second-order valence-electron chi connectivity index (χ2n) is 8.81. The SMILES string of the molecule is [2H]C([2H])(CCCCCCCCCO[Si](C)(C)C(C)(C)C)C([2H])([2H])[C@H](O)CCCC. The zero-order valence-electron chi connectivity index (χ0n) is 21.9. The topological polar surface area (TPSA) is 29.5 Å². The molecule has 0 unspecified atom stereocenters. The van der Waals surface area contributed by atoms with Crippen molar-refractivity contribution in [3.63, 3.8) is 0 Å². The van der Waals surface area contributed by atoms with E-state index in [-0.39, 0.29) is 11.5 Å². The van der Waals surface area contributed by atoms with Crippen LogP contribution in [0.25, 0.3) is 0 Å². The first-order valence-corrected chi connectivity index (χ1v) is 13.4. The monoisotopic (exact) mass is 376 g/mol. The molecular weight excluding hydrogens is 324 g/mol. The molecule has 0 radical (unpaired) electrons. The average Bonchev–Trinajstić information content (AvgIpc) is 2.59. The van der Waals surface area contributed by atoms with Gasteiger partial charge in [0.05, 0.1) is 6.10 Å². The van der Waals surface area contributed by atoms with Crippen LogP contribution in [-0.4, -0.2) is 26.1 Å². The van der Waals surface area contributed by atoms with Crippen LogP contribution in [0.1, 0.15) is 117 Å². The summed E-state index contributed by atoms with van der Waals surface area (Å²) in [6, 6.07) is 0. The molecule has 152 valence electrons. The summed E-state index contributed by atoms with van der Waals surface area (Å²) in [6.07, 6.45) is 3.90. The molecule has 0 spiro atoms. The summed E-state index contributed by atoms with van der Waals surface area (Å²) in [7, 11) is -1.62. The van der Waals surface area contributed by atoms with Crippen LogP contribution in [0.3, 0.4) is 0 Å². The summed E-state index contributed by atoms with van der Waals surface area (Å²) >= 11 is 0. The Morgan fingerprint density at radius 1 is 0.920 bits per heavy atom. The molecule has 0 aromatic rings. The molecule has 0 amide bonds. The smallest absolute Gasteiger partial charge is 0.191 e. The number of hydrogen-bond acceptors (Lipinski definition) is 2. The predicted molar refractivity (Wildman–Crippen MR) is 115 cm³/mol. The van der Waals surface area contributed by atoms with Crippen LogP contribution in [0.15, 0.2) is 0 Å². The van der Waals surface area contributed by atoms with Gasteiger partial charge >= 0.3 is 0 Å². The second kappa shape index (κ2) is 14.2. The number of unbranched alkanes of at least 4 members (excludes halogenated alkanes) is 7. The second-order valence-corrected chi connectivity index (χ2v) is 13.6. The van der Waals surface area contributed by atoms with E-state index in [9.17, 15) is 5.11 Å². The zero-order valence-corrected chi connectivity index (χ0v) is 18.9. The molecule has 0 bridgehead atoms. The van der Waals surface area contributed by atoms with Gasteiger partial charge in [-0.05, 0) is 37.3 Å². The van der Waals surface area contributed by atoms with Gasteiger partial charge in [0, 0.05) is 12.1 Å². The molecule has 0 fully saturated rings. The third kappa shape index (κ3) is 13.9. The van der Waals surface area contributed by atoms with Gasteiger partial charge in [0.2, 0.25) is 0 Å². The van der Waals surface area contributed by atoms with Crippen molar-refractivity contribution in [2.75, 3.05) is 6.61 Å². The molecule has 0 aromatic heterocycles. The summed E-state index contributed by atoms with van der Waals surface area (Å²) in [5.41, 5.74) is 0. The molecule has 0 aliphatic rings. The summed E-state index contributed by atoms with van der Waals surface area (Å²) in [6.45, 7) is 14.2. The Balaban J connectivity index is 3.91. The van der Waals surface area contributed by atoms with Crippen molar-refractivity contribution >= 4 is 8.32 Å². The van der Waals surface area contributed by atoms with E-state index in [4.69, 9.17) is 9.91 Å². The molecular formula is C22H48O2Si. The lowest BCUT2D eigenvalue weighted by Crippen LogP contribution is -2.40. The highest BCUT2D eigenvalue weighted by Crippen LogP contribution is 2.36. The molecule has 1 N–H and O–H groups in total. The Morgan fingerprint density at radius 2 is 1.44 bits per heavy atom. The number of rotatable bonds is 16. The lowest BCUT2D eigenvalue weighted by molar-refractivity contribution is 0.148. The average molecular weight is 377 g/mol. The van der Waals surface area contributed by atoms with Crippen molar-refractivity contribution in [3.05, 3.63) is 0 Å². The fourth-order valence-electron chi connectivity index (χ4n) is 2.40. The highest BCUT2D eigenvalue weighted by Gasteiger charge is 2.36. The Labute approximate surface area is 165 Å². The quantitative estimate of drug-likeness (QED) is 0.224. The normalized spacial score (nSPS) is 17.6. The maximum absolute atomic E-state index is 10.1. The molecule has 0 saturated heterocycles. The van der Waals surface area contributed by atoms with Gasteiger partial charge in [0.1, 0.15) is 0 Å². The first-order chi connectivity index (χ1) is 13.2. The van der Waals surface area contributed by atoms with Gasteiger partial charge in [-0.15, -0.1) is 0 Å². The van der Waals surface area contributed by atoms with Crippen LogP contribution in [0.5, 0.6) is 0 Å². The van der Waals surface area contributed by atoms with Crippen molar-refractivity contribution in [2.45, 2.75) is 135 Å². The molecule has 0 saturated carbocycles. The minimum atomic E-state index is -2.19. The van der Waals surface area contributed by atoms with Crippen LogP contribution in [0.2, 0.25) is 18.1 Å². The molecule has 0 rings (SSSR count). The van der Waals surface area contributed by atoms with E-state index in [0.717, 1.165) is 45.1 Å². The largest absolute Gasteiger partial charge is 0.417 e. The minimum Gasteiger partial charge on any atom is -0.417 e. The maximum atomic E-state index is 10.1. The van der Waals surface area contributed by atoms with Crippen LogP contribution >= 0.6 is 0 Å². The fraction of sp³-hybridized carbons (Fsp3) is 1.00. The van der Waals surface area contributed by atoms with E-state index in [1.807, 2.05) is 6.92 Å². The van der Waals surface area contributed by atoms with Crippen molar-refractivity contribution in [1.82, 2.24) is 0 Å². The van der Waals surface area contributed by atoms with Crippen LogP contribution < -0.4 is 0 Å². The third-order valence-electron chi connectivity index (χ3n) is 5.31. The van der Waals surface area contributed by atoms with Crippen molar-refractivity contribution in [1.29, 1.82) is 0 Å². The molecule has 3 heteroatoms. The molecule has 0 aromatic carbocycles. The van der Waals surface area contributed by atoms with E-state index >= 15 is 0 Å². The minimum absolute atomic E-state index is 0.170. The van der Waals surface area contributed by atoms with Gasteiger partial charge in [-0.3, -0.25) is 0 Å². The summed E-state index contributed by atoms with van der Waals surface area (Å²) < 4.78 is 38.5. The first-order valence-electron chi connectivity index (χ1n) is 12.5. The molecule has 1 atom stereocenters.